The molecule has 14 heavy (non-hydrogen) atoms. The van der Waals surface area contributed by atoms with Crippen molar-refractivity contribution in [2.45, 2.75) is 26.3 Å². The number of rotatable bonds is 4. The van der Waals surface area contributed by atoms with Crippen molar-refractivity contribution in [3.63, 3.8) is 0 Å². The van der Waals surface area contributed by atoms with E-state index in [0.717, 1.165) is 12.0 Å². The second-order valence-electron chi connectivity index (χ2n) is 3.43. The Morgan fingerprint density at radius 3 is 2.79 bits per heavy atom. The van der Waals surface area contributed by atoms with Crippen molar-refractivity contribution in [3.05, 3.63) is 35.4 Å². The van der Waals surface area contributed by atoms with Crippen molar-refractivity contribution in [1.82, 2.24) is 5.32 Å². The van der Waals surface area contributed by atoms with Gasteiger partial charge in [0.2, 0.25) is 0 Å². The van der Waals surface area contributed by atoms with Crippen molar-refractivity contribution < 1.29 is 4.79 Å². The highest BCUT2D eigenvalue weighted by Gasteiger charge is 2.12. The lowest BCUT2D eigenvalue weighted by Gasteiger charge is -2.09. The standard InChI is InChI=1S/C12H17NO/c1-4-10-6-5-7-11(8-10)12(14)9(2)13-3/h5-9,13H,4H2,1-3H3/t9-/m0/s1. The van der Waals surface area contributed by atoms with Crippen LogP contribution in [0.5, 0.6) is 0 Å². The van der Waals surface area contributed by atoms with Gasteiger partial charge in [-0.25, -0.2) is 0 Å². The molecule has 0 aliphatic heterocycles. The van der Waals surface area contributed by atoms with Crippen LogP contribution in [0.3, 0.4) is 0 Å². The average Bonchev–Trinajstić information content (AvgIpc) is 2.27. The lowest BCUT2D eigenvalue weighted by atomic mass is 10.0. The largest absolute Gasteiger partial charge is 0.310 e. The van der Waals surface area contributed by atoms with E-state index in [2.05, 4.69) is 12.2 Å². The van der Waals surface area contributed by atoms with Crippen LogP contribution in [0.2, 0.25) is 0 Å². The number of carbonyl (C=O) groups is 1. The summed E-state index contributed by atoms with van der Waals surface area (Å²) in [5.41, 5.74) is 2.00. The molecule has 1 rings (SSSR count). The lowest BCUT2D eigenvalue weighted by Crippen LogP contribution is -2.30. The number of benzene rings is 1. The molecule has 0 aromatic heterocycles. The smallest absolute Gasteiger partial charge is 0.179 e. The van der Waals surface area contributed by atoms with E-state index in [0.29, 0.717) is 0 Å². The van der Waals surface area contributed by atoms with Crippen LogP contribution >= 0.6 is 0 Å². The van der Waals surface area contributed by atoms with Gasteiger partial charge >= 0.3 is 0 Å². The normalized spacial score (nSPS) is 12.5. The fourth-order valence-corrected chi connectivity index (χ4v) is 1.33. The summed E-state index contributed by atoms with van der Waals surface area (Å²) in [5, 5.41) is 2.95. The van der Waals surface area contributed by atoms with Crippen molar-refractivity contribution in [3.8, 4) is 0 Å². The van der Waals surface area contributed by atoms with Gasteiger partial charge in [0.25, 0.3) is 0 Å². The summed E-state index contributed by atoms with van der Waals surface area (Å²) in [5.74, 6) is 0.155. The summed E-state index contributed by atoms with van der Waals surface area (Å²) in [6.07, 6.45) is 0.967. The minimum absolute atomic E-state index is 0.109. The molecule has 0 fully saturated rings. The maximum atomic E-state index is 11.8. The van der Waals surface area contributed by atoms with Crippen LogP contribution in [0.1, 0.15) is 29.8 Å². The maximum absolute atomic E-state index is 11.8. The first-order chi connectivity index (χ1) is 6.69. The molecule has 0 aliphatic carbocycles. The zero-order valence-corrected chi connectivity index (χ0v) is 9.00. The molecule has 0 radical (unpaired) electrons. The predicted octanol–water partition coefficient (Wildman–Crippen LogP) is 2.04. The zero-order chi connectivity index (χ0) is 10.6. The van der Waals surface area contributed by atoms with Crippen LogP contribution < -0.4 is 5.32 Å². The predicted molar refractivity (Wildman–Crippen MR) is 58.7 cm³/mol. The molecule has 76 valence electrons. The highest BCUT2D eigenvalue weighted by Crippen LogP contribution is 2.08. The average molecular weight is 191 g/mol. The van der Waals surface area contributed by atoms with E-state index in [-0.39, 0.29) is 11.8 Å². The van der Waals surface area contributed by atoms with Crippen LogP contribution in [0.15, 0.2) is 24.3 Å². The van der Waals surface area contributed by atoms with Gasteiger partial charge in [0.15, 0.2) is 5.78 Å². The number of carbonyl (C=O) groups excluding carboxylic acids is 1. The second-order valence-corrected chi connectivity index (χ2v) is 3.43. The summed E-state index contributed by atoms with van der Waals surface area (Å²) >= 11 is 0. The summed E-state index contributed by atoms with van der Waals surface area (Å²) < 4.78 is 0. The molecule has 0 heterocycles. The van der Waals surface area contributed by atoms with Gasteiger partial charge in [0.05, 0.1) is 6.04 Å². The number of nitrogens with one attached hydrogen (secondary N) is 1. The van der Waals surface area contributed by atoms with Crippen LogP contribution in [-0.4, -0.2) is 18.9 Å². The number of Topliss-reactive ketones (excluding diaryl/α,β-unsaturated/α-hetero) is 1. The molecule has 1 atom stereocenters. The first-order valence-electron chi connectivity index (χ1n) is 4.99. The van der Waals surface area contributed by atoms with Crippen molar-refractivity contribution in [2.24, 2.45) is 0 Å². The number of likely N-dealkylation sites (N-methyl/N-ethyl adjacent to an activating group) is 1. The molecule has 0 bridgehead atoms. The van der Waals surface area contributed by atoms with E-state index in [4.69, 9.17) is 0 Å². The van der Waals surface area contributed by atoms with Crippen LogP contribution in [0.25, 0.3) is 0 Å². The number of hydrogen-bond donors (Lipinski definition) is 1. The Morgan fingerprint density at radius 2 is 2.21 bits per heavy atom. The summed E-state index contributed by atoms with van der Waals surface area (Å²) in [6.45, 7) is 3.96. The van der Waals surface area contributed by atoms with E-state index >= 15 is 0 Å². The van der Waals surface area contributed by atoms with Gasteiger partial charge in [-0.2, -0.15) is 0 Å². The molecular formula is C12H17NO. The number of ketones is 1. The monoisotopic (exact) mass is 191 g/mol. The molecule has 0 unspecified atom stereocenters. The molecule has 0 amide bonds. The Bertz CT molecular complexity index is 320. The molecule has 0 saturated heterocycles. The van der Waals surface area contributed by atoms with Crippen molar-refractivity contribution in [2.75, 3.05) is 7.05 Å². The first kappa shape index (κ1) is 10.9. The zero-order valence-electron chi connectivity index (χ0n) is 9.00. The van der Waals surface area contributed by atoms with E-state index in [1.165, 1.54) is 5.56 Å². The molecule has 2 heteroatoms. The van der Waals surface area contributed by atoms with Gasteiger partial charge in [-0.3, -0.25) is 4.79 Å². The summed E-state index contributed by atoms with van der Waals surface area (Å²) in [6, 6.07) is 7.71. The Balaban J connectivity index is 2.90. The minimum atomic E-state index is -0.109. The lowest BCUT2D eigenvalue weighted by molar-refractivity contribution is 0.0955. The van der Waals surface area contributed by atoms with Gasteiger partial charge in [0.1, 0.15) is 0 Å². The topological polar surface area (TPSA) is 29.1 Å². The first-order valence-corrected chi connectivity index (χ1v) is 4.99. The quantitative estimate of drug-likeness (QED) is 0.738. The molecule has 2 nitrogen and oxygen atoms in total. The van der Waals surface area contributed by atoms with E-state index in [1.54, 1.807) is 7.05 Å². The van der Waals surface area contributed by atoms with Gasteiger partial charge in [0, 0.05) is 5.56 Å². The van der Waals surface area contributed by atoms with Gasteiger partial charge in [-0.05, 0) is 32.0 Å². The van der Waals surface area contributed by atoms with Gasteiger partial charge in [-0.15, -0.1) is 0 Å². The fourth-order valence-electron chi connectivity index (χ4n) is 1.33. The molecule has 1 aromatic carbocycles. The fraction of sp³-hybridized carbons (Fsp3) is 0.417. The van der Waals surface area contributed by atoms with Crippen molar-refractivity contribution in [1.29, 1.82) is 0 Å². The highest BCUT2D eigenvalue weighted by atomic mass is 16.1. The van der Waals surface area contributed by atoms with E-state index in [9.17, 15) is 4.79 Å². The van der Waals surface area contributed by atoms with Crippen LogP contribution in [0.4, 0.5) is 0 Å². The van der Waals surface area contributed by atoms with Crippen molar-refractivity contribution >= 4 is 5.78 Å². The third-order valence-electron chi connectivity index (χ3n) is 2.45. The third-order valence-corrected chi connectivity index (χ3v) is 2.45. The third kappa shape index (κ3) is 2.42. The Labute approximate surface area is 85.3 Å². The summed E-state index contributed by atoms with van der Waals surface area (Å²) in [7, 11) is 1.80. The molecule has 0 saturated carbocycles. The van der Waals surface area contributed by atoms with E-state index < -0.39 is 0 Å². The Kier molecular flexibility index (Phi) is 3.84. The molecular weight excluding hydrogens is 174 g/mol. The van der Waals surface area contributed by atoms with Crippen LogP contribution in [-0.2, 0) is 6.42 Å². The highest BCUT2D eigenvalue weighted by molar-refractivity contribution is 5.99. The Morgan fingerprint density at radius 1 is 1.50 bits per heavy atom. The number of aryl methyl sites for hydroxylation is 1. The summed E-state index contributed by atoms with van der Waals surface area (Å²) in [4.78, 5) is 11.8. The van der Waals surface area contributed by atoms with Gasteiger partial charge < -0.3 is 5.32 Å². The van der Waals surface area contributed by atoms with E-state index in [1.807, 2.05) is 31.2 Å². The second kappa shape index (κ2) is 4.91. The number of hydrogen-bond acceptors (Lipinski definition) is 2. The van der Waals surface area contributed by atoms with Crippen LogP contribution in [0, 0.1) is 0 Å². The molecule has 0 aliphatic rings. The maximum Gasteiger partial charge on any atom is 0.179 e. The molecule has 1 aromatic rings. The Hall–Kier alpha value is -1.15. The molecule has 1 N–H and O–H groups in total. The molecule has 0 spiro atoms. The SMILES string of the molecule is CCc1cccc(C(=O)[C@H](C)NC)c1. The minimum Gasteiger partial charge on any atom is -0.310 e. The van der Waals surface area contributed by atoms with Gasteiger partial charge in [-0.1, -0.05) is 25.1 Å².